The first-order valence-corrected chi connectivity index (χ1v) is 11.9. The molecule has 0 aliphatic carbocycles. The van der Waals surface area contributed by atoms with Gasteiger partial charge in [-0.25, -0.2) is 13.1 Å². The fourth-order valence-corrected chi connectivity index (χ4v) is 4.46. The maximum absolute atomic E-state index is 12.9. The minimum atomic E-state index is -3.71. The van der Waals surface area contributed by atoms with E-state index < -0.39 is 22.1 Å². The molecule has 170 valence electrons. The molecule has 0 aromatic heterocycles. The first-order chi connectivity index (χ1) is 15.5. The largest absolute Gasteiger partial charge is 2.00 e. The summed E-state index contributed by atoms with van der Waals surface area (Å²) in [6.07, 6.45) is 0. The number of benzene rings is 4. The van der Waals surface area contributed by atoms with Crippen molar-refractivity contribution < 1.29 is 27.9 Å². The Balaban J connectivity index is 0.000000479. The maximum Gasteiger partial charge on any atom is 2.00 e. The topological polar surface area (TPSA) is 72.2 Å². The van der Waals surface area contributed by atoms with Gasteiger partial charge in [-0.1, -0.05) is 115 Å². The van der Waals surface area contributed by atoms with Crippen molar-refractivity contribution >= 4 is 10.0 Å². The van der Waals surface area contributed by atoms with Gasteiger partial charge in [0.05, 0.1) is 17.0 Å². The maximum atomic E-state index is 12.9. The van der Waals surface area contributed by atoms with Crippen LogP contribution >= 0.6 is 0 Å². The Morgan fingerprint density at radius 3 is 1.48 bits per heavy atom. The second-order valence-corrected chi connectivity index (χ2v) is 9.13. The van der Waals surface area contributed by atoms with Crippen LogP contribution in [0, 0.1) is 6.92 Å². The Kier molecular flexibility index (Phi) is 10.6. The van der Waals surface area contributed by atoms with Crippen LogP contribution in [0.15, 0.2) is 126 Å². The summed E-state index contributed by atoms with van der Waals surface area (Å²) >= 11 is 0. The number of rotatable bonds is 6. The summed E-state index contributed by atoms with van der Waals surface area (Å²) in [5.41, 5.74) is 9.15. The van der Waals surface area contributed by atoms with Gasteiger partial charge < -0.3 is 5.73 Å². The Labute approximate surface area is 209 Å². The molecule has 0 heterocycles. The van der Waals surface area contributed by atoms with Gasteiger partial charge in [-0.15, -0.1) is 0 Å². The van der Waals surface area contributed by atoms with E-state index in [1.807, 2.05) is 104 Å². The van der Waals surface area contributed by atoms with E-state index in [0.29, 0.717) is 0 Å². The number of sulfonamides is 1. The Bertz CT molecular complexity index is 1140. The van der Waals surface area contributed by atoms with Gasteiger partial charge in [-0.3, -0.25) is 0 Å². The van der Waals surface area contributed by atoms with E-state index in [0.717, 1.165) is 16.7 Å². The zero-order valence-electron chi connectivity index (χ0n) is 18.4. The van der Waals surface area contributed by atoms with E-state index in [4.69, 9.17) is 5.73 Å². The van der Waals surface area contributed by atoms with E-state index >= 15 is 0 Å². The molecule has 0 spiro atoms. The van der Waals surface area contributed by atoms with Crippen LogP contribution in [-0.2, 0) is 29.5 Å². The molecule has 33 heavy (non-hydrogen) atoms. The molecular weight excluding hydrogens is 517 g/mol. The first-order valence-electron chi connectivity index (χ1n) is 10.4. The van der Waals surface area contributed by atoms with Gasteiger partial charge in [0, 0.05) is 0 Å². The molecule has 4 rings (SSSR count). The third-order valence-electron chi connectivity index (χ3n) is 4.98. The minimum Gasteiger partial charge on any atom is -0.322 e. The molecule has 0 aliphatic rings. The van der Waals surface area contributed by atoms with E-state index in [1.165, 1.54) is 0 Å². The molecule has 0 unspecified atom stereocenters. The van der Waals surface area contributed by atoms with Crippen LogP contribution in [0.3, 0.4) is 0 Å². The van der Waals surface area contributed by atoms with Gasteiger partial charge in [0.25, 0.3) is 0 Å². The monoisotopic (exact) mass is 546 g/mol. The number of aryl methyl sites for hydroxylation is 1. The average Bonchev–Trinajstić information content (AvgIpc) is 2.85. The molecule has 0 fully saturated rings. The number of hydrogen-bond donors (Lipinski definition) is 2. The zero-order valence-corrected chi connectivity index (χ0v) is 20.9. The van der Waals surface area contributed by atoms with Crippen LogP contribution in [0.5, 0.6) is 0 Å². The summed E-state index contributed by atoms with van der Waals surface area (Å²) < 4.78 is 28.6. The molecule has 0 saturated carbocycles. The molecular formula is C27H28N2O2RuS+2. The van der Waals surface area contributed by atoms with Crippen molar-refractivity contribution in [2.75, 3.05) is 0 Å². The zero-order chi connectivity index (χ0) is 22.8. The molecule has 4 nitrogen and oxygen atoms in total. The summed E-state index contributed by atoms with van der Waals surface area (Å²) in [4.78, 5) is 0.226. The van der Waals surface area contributed by atoms with Gasteiger partial charge in [-0.05, 0) is 30.2 Å². The average molecular weight is 546 g/mol. The van der Waals surface area contributed by atoms with E-state index in [1.54, 1.807) is 24.3 Å². The van der Waals surface area contributed by atoms with Crippen molar-refractivity contribution in [1.82, 2.24) is 4.72 Å². The van der Waals surface area contributed by atoms with Gasteiger partial charge in [-0.2, -0.15) is 0 Å². The van der Waals surface area contributed by atoms with E-state index in [2.05, 4.69) is 4.72 Å². The van der Waals surface area contributed by atoms with Crippen molar-refractivity contribution in [3.63, 3.8) is 0 Å². The molecule has 2 atom stereocenters. The normalized spacial score (nSPS) is 12.4. The summed E-state index contributed by atoms with van der Waals surface area (Å²) in [6, 6.07) is 36.6. The Morgan fingerprint density at radius 2 is 1.03 bits per heavy atom. The van der Waals surface area contributed by atoms with Crippen molar-refractivity contribution in [3.8, 4) is 0 Å². The van der Waals surface area contributed by atoms with Crippen LogP contribution < -0.4 is 10.5 Å². The molecule has 0 aliphatic heterocycles. The predicted octanol–water partition coefficient (Wildman–Crippen LogP) is 5.40. The van der Waals surface area contributed by atoms with Gasteiger partial charge in [0.2, 0.25) is 10.0 Å². The third-order valence-corrected chi connectivity index (χ3v) is 6.44. The quantitative estimate of drug-likeness (QED) is 0.319. The second kappa shape index (κ2) is 13.2. The fraction of sp³-hybridized carbons (Fsp3) is 0.111. The van der Waals surface area contributed by atoms with Crippen molar-refractivity contribution in [2.24, 2.45) is 5.73 Å². The fourth-order valence-electron chi connectivity index (χ4n) is 3.21. The van der Waals surface area contributed by atoms with E-state index in [-0.39, 0.29) is 24.4 Å². The smallest absolute Gasteiger partial charge is 0.322 e. The number of nitrogens with two attached hydrogens (primary N) is 1. The molecule has 4 aromatic carbocycles. The Hall–Kier alpha value is -2.63. The summed E-state index contributed by atoms with van der Waals surface area (Å²) in [5.74, 6) is 0. The van der Waals surface area contributed by atoms with E-state index in [9.17, 15) is 8.42 Å². The minimum absolute atomic E-state index is 0. The second-order valence-electron chi connectivity index (χ2n) is 7.41. The molecule has 0 bridgehead atoms. The summed E-state index contributed by atoms with van der Waals surface area (Å²) in [5, 5.41) is 0. The van der Waals surface area contributed by atoms with Crippen LogP contribution in [0.2, 0.25) is 0 Å². The van der Waals surface area contributed by atoms with Crippen LogP contribution in [0.1, 0.15) is 28.8 Å². The number of hydrogen-bond acceptors (Lipinski definition) is 3. The molecule has 0 radical (unpaired) electrons. The molecule has 3 N–H and O–H groups in total. The van der Waals surface area contributed by atoms with Gasteiger partial charge in [0.15, 0.2) is 0 Å². The van der Waals surface area contributed by atoms with Crippen LogP contribution in [0.4, 0.5) is 0 Å². The van der Waals surface area contributed by atoms with Crippen molar-refractivity contribution in [1.29, 1.82) is 0 Å². The SMILES string of the molecule is Cc1ccc(S(=O)(=O)N[C@H](c2ccccc2)[C@H](N)c2ccccc2)cc1.[Ru+2].c1ccccc1. The number of nitrogens with one attached hydrogen (secondary N) is 1. The molecule has 0 amide bonds. The van der Waals surface area contributed by atoms with Gasteiger partial charge >= 0.3 is 19.5 Å². The predicted molar refractivity (Wildman–Crippen MR) is 130 cm³/mol. The van der Waals surface area contributed by atoms with Crippen molar-refractivity contribution in [2.45, 2.75) is 23.9 Å². The standard InChI is InChI=1S/C21H22N2O2S.C6H6.Ru/c1-16-12-14-19(15-13-16)26(24,25)23-21(18-10-6-3-7-11-18)20(22)17-8-4-2-5-9-17;1-2-4-6-5-3-1;/h2-15,20-21,23H,22H2,1H3;1-6H;/q;;+2/t20-,21-;;/m1../s1. The molecule has 6 heteroatoms. The van der Waals surface area contributed by atoms with Crippen LogP contribution in [0.25, 0.3) is 0 Å². The van der Waals surface area contributed by atoms with Gasteiger partial charge in [0.1, 0.15) is 0 Å². The van der Waals surface area contributed by atoms with Crippen molar-refractivity contribution in [3.05, 3.63) is 138 Å². The van der Waals surface area contributed by atoms with Crippen LogP contribution in [-0.4, -0.2) is 8.42 Å². The molecule has 0 saturated heterocycles. The Morgan fingerprint density at radius 1 is 0.636 bits per heavy atom. The third kappa shape index (κ3) is 8.02. The first kappa shape index (κ1) is 26.6. The summed E-state index contributed by atoms with van der Waals surface area (Å²) in [7, 11) is -3.71. The summed E-state index contributed by atoms with van der Waals surface area (Å²) in [6.45, 7) is 1.92. The molecule has 4 aromatic rings.